The topological polar surface area (TPSA) is 48.4 Å². The van der Waals surface area contributed by atoms with Gasteiger partial charge in [-0.2, -0.15) is 0 Å². The standard InChI is InChI=1S/C14H12BrNO3/c1-18-11-6-5-9(8-10(11)15)14(17)13-12(19-2)4-3-7-16-13/h3-8H,1-2H3. The Kier molecular flexibility index (Phi) is 4.16. The second kappa shape index (κ2) is 5.84. The number of carbonyl (C=O) groups excluding carboxylic acids is 1. The van der Waals surface area contributed by atoms with Crippen LogP contribution in [-0.2, 0) is 0 Å². The molecule has 0 aliphatic heterocycles. The number of ketones is 1. The normalized spacial score (nSPS) is 10.1. The van der Waals surface area contributed by atoms with Crippen molar-refractivity contribution < 1.29 is 14.3 Å². The van der Waals surface area contributed by atoms with Crippen LogP contribution in [0, 0.1) is 0 Å². The third kappa shape index (κ3) is 2.76. The van der Waals surface area contributed by atoms with E-state index in [0.29, 0.717) is 22.8 Å². The van der Waals surface area contributed by atoms with E-state index in [9.17, 15) is 4.79 Å². The van der Waals surface area contributed by atoms with Gasteiger partial charge in [0.1, 0.15) is 11.5 Å². The van der Waals surface area contributed by atoms with Gasteiger partial charge in [-0.25, -0.2) is 4.98 Å². The molecule has 0 saturated carbocycles. The lowest BCUT2D eigenvalue weighted by atomic mass is 10.1. The van der Waals surface area contributed by atoms with Gasteiger partial charge in [-0.15, -0.1) is 0 Å². The number of hydrogen-bond donors (Lipinski definition) is 0. The number of aromatic nitrogens is 1. The molecule has 0 aliphatic rings. The Hall–Kier alpha value is -1.88. The molecular weight excluding hydrogens is 310 g/mol. The molecule has 1 heterocycles. The van der Waals surface area contributed by atoms with Crippen molar-refractivity contribution in [3.63, 3.8) is 0 Å². The third-order valence-electron chi connectivity index (χ3n) is 2.62. The fourth-order valence-electron chi connectivity index (χ4n) is 1.67. The van der Waals surface area contributed by atoms with E-state index in [1.165, 1.54) is 7.11 Å². The van der Waals surface area contributed by atoms with Gasteiger partial charge in [0.05, 0.1) is 18.7 Å². The van der Waals surface area contributed by atoms with Gasteiger partial charge in [-0.1, -0.05) is 0 Å². The first kappa shape index (κ1) is 13.5. The fourth-order valence-corrected chi connectivity index (χ4v) is 2.21. The number of carbonyl (C=O) groups is 1. The molecule has 0 bridgehead atoms. The molecule has 2 rings (SSSR count). The van der Waals surface area contributed by atoms with Crippen molar-refractivity contribution >= 4 is 21.7 Å². The predicted molar refractivity (Wildman–Crippen MR) is 74.9 cm³/mol. The van der Waals surface area contributed by atoms with Crippen molar-refractivity contribution in [2.24, 2.45) is 0 Å². The van der Waals surface area contributed by atoms with Gasteiger partial charge in [0.25, 0.3) is 0 Å². The number of pyridine rings is 1. The van der Waals surface area contributed by atoms with Crippen LogP contribution >= 0.6 is 15.9 Å². The first-order chi connectivity index (χ1) is 9.17. The summed E-state index contributed by atoms with van der Waals surface area (Å²) in [6, 6.07) is 8.56. The van der Waals surface area contributed by atoms with Gasteiger partial charge in [-0.3, -0.25) is 4.79 Å². The molecule has 0 radical (unpaired) electrons. The van der Waals surface area contributed by atoms with Crippen LogP contribution < -0.4 is 9.47 Å². The summed E-state index contributed by atoms with van der Waals surface area (Å²) in [5.41, 5.74) is 0.812. The number of methoxy groups -OCH3 is 2. The number of halogens is 1. The van der Waals surface area contributed by atoms with E-state index in [-0.39, 0.29) is 5.78 Å². The van der Waals surface area contributed by atoms with Crippen LogP contribution in [0.2, 0.25) is 0 Å². The van der Waals surface area contributed by atoms with E-state index < -0.39 is 0 Å². The van der Waals surface area contributed by atoms with E-state index in [2.05, 4.69) is 20.9 Å². The van der Waals surface area contributed by atoms with E-state index in [0.717, 1.165) is 4.47 Å². The summed E-state index contributed by atoms with van der Waals surface area (Å²) in [6.07, 6.45) is 1.56. The van der Waals surface area contributed by atoms with Gasteiger partial charge in [0.15, 0.2) is 5.69 Å². The van der Waals surface area contributed by atoms with E-state index in [1.54, 1.807) is 43.6 Å². The van der Waals surface area contributed by atoms with E-state index in [1.807, 2.05) is 0 Å². The maximum Gasteiger partial charge on any atom is 0.215 e. The number of ether oxygens (including phenoxy) is 2. The van der Waals surface area contributed by atoms with E-state index >= 15 is 0 Å². The second-order valence-corrected chi connectivity index (χ2v) is 4.59. The Labute approximate surface area is 119 Å². The molecule has 4 nitrogen and oxygen atoms in total. The molecule has 5 heteroatoms. The molecule has 0 saturated heterocycles. The molecule has 0 amide bonds. The quantitative estimate of drug-likeness (QED) is 0.812. The second-order valence-electron chi connectivity index (χ2n) is 3.73. The van der Waals surface area contributed by atoms with Gasteiger partial charge in [-0.05, 0) is 46.3 Å². The van der Waals surface area contributed by atoms with Gasteiger partial charge in [0.2, 0.25) is 5.78 Å². The number of hydrogen-bond acceptors (Lipinski definition) is 4. The summed E-state index contributed by atoms with van der Waals surface area (Å²) in [7, 11) is 3.08. The number of rotatable bonds is 4. The minimum atomic E-state index is -0.194. The maximum atomic E-state index is 12.4. The molecule has 0 spiro atoms. The molecular formula is C14H12BrNO3. The third-order valence-corrected chi connectivity index (χ3v) is 3.24. The molecule has 98 valence electrons. The van der Waals surface area contributed by atoms with Gasteiger partial charge < -0.3 is 9.47 Å². The largest absolute Gasteiger partial charge is 0.496 e. The summed E-state index contributed by atoms with van der Waals surface area (Å²) in [5.74, 6) is 0.935. The van der Waals surface area contributed by atoms with Crippen LogP contribution in [0.4, 0.5) is 0 Å². The Morgan fingerprint density at radius 3 is 2.53 bits per heavy atom. The molecule has 0 atom stereocenters. The van der Waals surface area contributed by atoms with Crippen LogP contribution in [0.15, 0.2) is 41.0 Å². The highest BCUT2D eigenvalue weighted by molar-refractivity contribution is 9.10. The Morgan fingerprint density at radius 2 is 1.89 bits per heavy atom. The molecule has 0 unspecified atom stereocenters. The van der Waals surface area contributed by atoms with Crippen LogP contribution in [0.5, 0.6) is 11.5 Å². The Morgan fingerprint density at radius 1 is 1.16 bits per heavy atom. The highest BCUT2D eigenvalue weighted by atomic mass is 79.9. The van der Waals surface area contributed by atoms with Gasteiger partial charge >= 0.3 is 0 Å². The zero-order valence-corrected chi connectivity index (χ0v) is 12.1. The average Bonchev–Trinajstić information content (AvgIpc) is 2.46. The molecule has 0 N–H and O–H groups in total. The lowest BCUT2D eigenvalue weighted by molar-refractivity contribution is 0.103. The molecule has 19 heavy (non-hydrogen) atoms. The number of benzene rings is 1. The van der Waals surface area contributed by atoms with Crippen LogP contribution in [-0.4, -0.2) is 25.0 Å². The number of nitrogens with zero attached hydrogens (tertiary/aromatic N) is 1. The summed E-state index contributed by atoms with van der Waals surface area (Å²) >= 11 is 3.35. The van der Waals surface area contributed by atoms with Crippen molar-refractivity contribution in [3.8, 4) is 11.5 Å². The zero-order valence-electron chi connectivity index (χ0n) is 10.5. The Bertz CT molecular complexity index is 613. The highest BCUT2D eigenvalue weighted by Crippen LogP contribution is 2.27. The Balaban J connectivity index is 2.41. The maximum absolute atomic E-state index is 12.4. The highest BCUT2D eigenvalue weighted by Gasteiger charge is 2.16. The molecule has 1 aromatic carbocycles. The lowest BCUT2D eigenvalue weighted by Crippen LogP contribution is -2.06. The summed E-state index contributed by atoms with van der Waals surface area (Å²) in [4.78, 5) is 16.5. The van der Waals surface area contributed by atoms with Crippen LogP contribution in [0.25, 0.3) is 0 Å². The first-order valence-electron chi connectivity index (χ1n) is 5.54. The monoisotopic (exact) mass is 321 g/mol. The van der Waals surface area contributed by atoms with Crippen LogP contribution in [0.3, 0.4) is 0 Å². The minimum Gasteiger partial charge on any atom is -0.496 e. The summed E-state index contributed by atoms with van der Waals surface area (Å²) in [5, 5.41) is 0. The lowest BCUT2D eigenvalue weighted by Gasteiger charge is -2.08. The van der Waals surface area contributed by atoms with Gasteiger partial charge in [0, 0.05) is 11.8 Å². The summed E-state index contributed by atoms with van der Waals surface area (Å²) < 4.78 is 11.0. The van der Waals surface area contributed by atoms with Crippen molar-refractivity contribution in [1.82, 2.24) is 4.98 Å². The zero-order chi connectivity index (χ0) is 13.8. The van der Waals surface area contributed by atoms with E-state index in [4.69, 9.17) is 9.47 Å². The molecule has 2 aromatic rings. The van der Waals surface area contributed by atoms with Crippen molar-refractivity contribution in [2.45, 2.75) is 0 Å². The predicted octanol–water partition coefficient (Wildman–Crippen LogP) is 3.09. The molecule has 0 fully saturated rings. The minimum absolute atomic E-state index is 0.194. The molecule has 0 aliphatic carbocycles. The average molecular weight is 322 g/mol. The fraction of sp³-hybridized carbons (Fsp3) is 0.143. The van der Waals surface area contributed by atoms with Crippen LogP contribution in [0.1, 0.15) is 16.1 Å². The SMILES string of the molecule is COc1ccc(C(=O)c2ncccc2OC)cc1Br. The molecule has 1 aromatic heterocycles. The first-order valence-corrected chi connectivity index (χ1v) is 6.34. The van der Waals surface area contributed by atoms with Crippen molar-refractivity contribution in [3.05, 3.63) is 52.3 Å². The smallest absolute Gasteiger partial charge is 0.215 e. The summed E-state index contributed by atoms with van der Waals surface area (Å²) in [6.45, 7) is 0. The van der Waals surface area contributed by atoms with Crippen molar-refractivity contribution in [1.29, 1.82) is 0 Å². The van der Waals surface area contributed by atoms with Crippen molar-refractivity contribution in [2.75, 3.05) is 14.2 Å².